The van der Waals surface area contributed by atoms with Crippen LogP contribution >= 0.6 is 0 Å². The Morgan fingerprint density at radius 2 is 1.94 bits per heavy atom. The van der Waals surface area contributed by atoms with Crippen LogP contribution < -0.4 is 5.32 Å². The summed E-state index contributed by atoms with van der Waals surface area (Å²) in [5.41, 5.74) is 11.1. The van der Waals surface area contributed by atoms with E-state index in [-0.39, 0.29) is 0 Å². The molecule has 0 spiro atoms. The Morgan fingerprint density at radius 3 is 2.69 bits per heavy atom. The molecule has 172 valence electrons. The van der Waals surface area contributed by atoms with Crippen molar-refractivity contribution in [2.24, 2.45) is 0 Å². The molecule has 0 saturated carbocycles. The number of fused-ring (bicyclic) bond motifs is 6. The molecule has 2 nitrogen and oxygen atoms in total. The Hall–Kier alpha value is -2.06. The van der Waals surface area contributed by atoms with E-state index in [2.05, 4.69) is 68.6 Å². The second-order valence-electron chi connectivity index (χ2n) is 9.90. The van der Waals surface area contributed by atoms with Crippen molar-refractivity contribution < 1.29 is 0 Å². The Kier molecular flexibility index (Phi) is 7.40. The number of hydrogen-bond acceptors (Lipinski definition) is 2. The molecule has 2 atom stereocenters. The highest BCUT2D eigenvalue weighted by Crippen LogP contribution is 2.46. The van der Waals surface area contributed by atoms with Crippen molar-refractivity contribution in [2.75, 3.05) is 13.1 Å². The third-order valence-electron chi connectivity index (χ3n) is 7.67. The molecule has 4 rings (SSSR count). The molecule has 0 aliphatic carbocycles. The lowest BCUT2D eigenvalue weighted by atomic mass is 9.75. The van der Waals surface area contributed by atoms with Crippen LogP contribution in [0.3, 0.4) is 0 Å². The van der Waals surface area contributed by atoms with Gasteiger partial charge in [0, 0.05) is 36.0 Å². The van der Waals surface area contributed by atoms with Crippen LogP contribution in [0.4, 0.5) is 0 Å². The Labute approximate surface area is 196 Å². The molecule has 1 aromatic carbocycles. The predicted molar refractivity (Wildman–Crippen MR) is 139 cm³/mol. The van der Waals surface area contributed by atoms with Gasteiger partial charge in [-0.15, -0.1) is 0 Å². The van der Waals surface area contributed by atoms with Gasteiger partial charge in [0.05, 0.1) is 0 Å². The van der Waals surface area contributed by atoms with Gasteiger partial charge in [-0.2, -0.15) is 0 Å². The lowest BCUT2D eigenvalue weighted by Gasteiger charge is -2.48. The van der Waals surface area contributed by atoms with Crippen LogP contribution in [-0.4, -0.2) is 24.0 Å². The normalized spacial score (nSPS) is 22.0. The van der Waals surface area contributed by atoms with Gasteiger partial charge in [0.25, 0.3) is 0 Å². The van der Waals surface area contributed by atoms with E-state index in [4.69, 9.17) is 0 Å². The smallest absolute Gasteiger partial charge is 0.0491 e. The van der Waals surface area contributed by atoms with Gasteiger partial charge < -0.3 is 10.2 Å². The molecule has 3 aliphatic rings. The highest BCUT2D eigenvalue weighted by atomic mass is 15.2. The molecule has 0 aromatic heterocycles. The topological polar surface area (TPSA) is 15.3 Å². The number of allylic oxidation sites excluding steroid dienone is 4. The largest absolute Gasteiger partial charge is 0.343 e. The highest BCUT2D eigenvalue weighted by Gasteiger charge is 2.40. The summed E-state index contributed by atoms with van der Waals surface area (Å²) in [6, 6.07) is 5.62. The maximum Gasteiger partial charge on any atom is 0.0491 e. The van der Waals surface area contributed by atoms with Crippen molar-refractivity contribution in [2.45, 2.75) is 90.5 Å². The monoisotopic (exact) mass is 430 g/mol. The van der Waals surface area contributed by atoms with E-state index in [1.54, 1.807) is 11.1 Å². The molecule has 32 heavy (non-hydrogen) atoms. The standard InChI is InChI=1S/C30H42N2/c1-6-9-10-11-13-24-18-25-26(17-23(24)8-3)30-16-22(5)28(21(4)12-7-2)20-32(30)29-14-15-31-19-27(25)29/h16-18,20,27,29,31H,4-15,19H2,1-3H3. The van der Waals surface area contributed by atoms with Gasteiger partial charge in [-0.1, -0.05) is 65.7 Å². The molecule has 0 amide bonds. The lowest BCUT2D eigenvalue weighted by Crippen LogP contribution is -2.49. The van der Waals surface area contributed by atoms with E-state index in [1.807, 2.05) is 0 Å². The zero-order chi connectivity index (χ0) is 22.7. The van der Waals surface area contributed by atoms with Gasteiger partial charge in [0.15, 0.2) is 0 Å². The van der Waals surface area contributed by atoms with Gasteiger partial charge in [-0.05, 0) is 84.2 Å². The molecular formula is C30H42N2. The lowest BCUT2D eigenvalue weighted by molar-refractivity contribution is 0.251. The average Bonchev–Trinajstić information content (AvgIpc) is 2.81. The van der Waals surface area contributed by atoms with E-state index in [0.29, 0.717) is 12.0 Å². The fourth-order valence-electron chi connectivity index (χ4n) is 5.89. The summed E-state index contributed by atoms with van der Waals surface area (Å²) in [7, 11) is 0. The third-order valence-corrected chi connectivity index (χ3v) is 7.67. The first-order chi connectivity index (χ1) is 15.6. The first-order valence-electron chi connectivity index (χ1n) is 13.0. The Morgan fingerprint density at radius 1 is 1.09 bits per heavy atom. The molecule has 2 unspecified atom stereocenters. The Balaban J connectivity index is 1.75. The van der Waals surface area contributed by atoms with Crippen LogP contribution in [0.1, 0.15) is 93.9 Å². The van der Waals surface area contributed by atoms with E-state index >= 15 is 0 Å². The summed E-state index contributed by atoms with van der Waals surface area (Å²) in [6.07, 6.45) is 15.7. The van der Waals surface area contributed by atoms with Gasteiger partial charge in [-0.3, -0.25) is 0 Å². The third kappa shape index (κ3) is 4.39. The minimum absolute atomic E-state index is 0.521. The predicted octanol–water partition coefficient (Wildman–Crippen LogP) is 7.28. The molecule has 2 heteroatoms. The quantitative estimate of drug-likeness (QED) is 0.414. The van der Waals surface area contributed by atoms with Crippen molar-refractivity contribution in [3.05, 3.63) is 76.5 Å². The molecule has 1 N–H and O–H groups in total. The molecule has 3 aliphatic heterocycles. The fraction of sp³-hybridized carbons (Fsp3) is 0.533. The SMILES string of the molecule is C=C1C=C2c3cc(CC)c(CCCCCC)cc3C3CNCCC3N2C=C1C(=C)CCC. The fourth-order valence-corrected chi connectivity index (χ4v) is 5.89. The highest BCUT2D eigenvalue weighted by molar-refractivity contribution is 5.78. The molecule has 1 aromatic rings. The number of unbranched alkanes of at least 4 members (excludes halogenated alkanes) is 3. The van der Waals surface area contributed by atoms with Crippen LogP contribution in [0.2, 0.25) is 0 Å². The average molecular weight is 431 g/mol. The van der Waals surface area contributed by atoms with Crippen LogP contribution in [0.5, 0.6) is 0 Å². The molecule has 1 saturated heterocycles. The number of nitrogens with one attached hydrogen (secondary N) is 1. The van der Waals surface area contributed by atoms with Gasteiger partial charge in [0.1, 0.15) is 0 Å². The number of nitrogens with zero attached hydrogens (tertiary/aromatic N) is 1. The number of hydrogen-bond donors (Lipinski definition) is 1. The zero-order valence-electron chi connectivity index (χ0n) is 20.6. The first-order valence-corrected chi connectivity index (χ1v) is 13.0. The van der Waals surface area contributed by atoms with Gasteiger partial charge in [0.2, 0.25) is 0 Å². The summed E-state index contributed by atoms with van der Waals surface area (Å²) in [5.74, 6) is 0.541. The maximum atomic E-state index is 4.44. The number of benzene rings is 1. The van der Waals surface area contributed by atoms with Crippen molar-refractivity contribution in [3.8, 4) is 0 Å². The molecular weight excluding hydrogens is 388 g/mol. The minimum Gasteiger partial charge on any atom is -0.343 e. The van der Waals surface area contributed by atoms with Gasteiger partial charge in [-0.25, -0.2) is 0 Å². The van der Waals surface area contributed by atoms with Crippen molar-refractivity contribution >= 4 is 5.70 Å². The summed E-state index contributed by atoms with van der Waals surface area (Å²) in [4.78, 5) is 2.58. The van der Waals surface area contributed by atoms with Crippen LogP contribution in [0.15, 0.2) is 54.3 Å². The Bertz CT molecular complexity index is 932. The van der Waals surface area contributed by atoms with Crippen molar-refractivity contribution in [3.63, 3.8) is 0 Å². The summed E-state index contributed by atoms with van der Waals surface area (Å²) in [6.45, 7) is 17.8. The summed E-state index contributed by atoms with van der Waals surface area (Å²) >= 11 is 0. The van der Waals surface area contributed by atoms with E-state index in [9.17, 15) is 0 Å². The second-order valence-corrected chi connectivity index (χ2v) is 9.90. The maximum absolute atomic E-state index is 4.44. The van der Waals surface area contributed by atoms with Crippen LogP contribution in [-0.2, 0) is 12.8 Å². The summed E-state index contributed by atoms with van der Waals surface area (Å²) < 4.78 is 0. The molecule has 3 heterocycles. The van der Waals surface area contributed by atoms with E-state index in [1.165, 1.54) is 66.5 Å². The number of rotatable bonds is 9. The van der Waals surface area contributed by atoms with Crippen LogP contribution in [0.25, 0.3) is 5.70 Å². The molecule has 1 fully saturated rings. The van der Waals surface area contributed by atoms with Crippen LogP contribution in [0, 0.1) is 0 Å². The second kappa shape index (κ2) is 10.3. The van der Waals surface area contributed by atoms with Gasteiger partial charge >= 0.3 is 0 Å². The number of piperidine rings is 1. The van der Waals surface area contributed by atoms with Crippen molar-refractivity contribution in [1.29, 1.82) is 0 Å². The number of aryl methyl sites for hydroxylation is 2. The van der Waals surface area contributed by atoms with E-state index in [0.717, 1.165) is 37.9 Å². The van der Waals surface area contributed by atoms with Crippen molar-refractivity contribution in [1.82, 2.24) is 10.2 Å². The van der Waals surface area contributed by atoms with E-state index < -0.39 is 0 Å². The molecule has 0 bridgehead atoms. The first kappa shape index (κ1) is 23.1. The zero-order valence-corrected chi connectivity index (χ0v) is 20.6. The summed E-state index contributed by atoms with van der Waals surface area (Å²) in [5, 5.41) is 3.69. The molecule has 0 radical (unpaired) electrons. The minimum atomic E-state index is 0.521.